The first kappa shape index (κ1) is 19.5. The molecular formula is C22H23ClN2O2S. The van der Waals surface area contributed by atoms with E-state index in [9.17, 15) is 0 Å². The molecule has 4 rings (SSSR count). The van der Waals surface area contributed by atoms with E-state index in [0.717, 1.165) is 41.7 Å². The van der Waals surface area contributed by atoms with E-state index in [2.05, 4.69) is 35.8 Å². The van der Waals surface area contributed by atoms with Crippen molar-refractivity contribution in [2.75, 3.05) is 19.5 Å². The Bertz CT molecular complexity index is 960. The van der Waals surface area contributed by atoms with Crippen LogP contribution in [-0.4, -0.2) is 30.5 Å². The Morgan fingerprint density at radius 2 is 2.11 bits per heavy atom. The van der Waals surface area contributed by atoms with E-state index < -0.39 is 0 Å². The zero-order valence-electron chi connectivity index (χ0n) is 15.8. The Balaban J connectivity index is 1.61. The molecule has 6 heteroatoms. The summed E-state index contributed by atoms with van der Waals surface area (Å²) in [5.74, 6) is 0.650. The van der Waals surface area contributed by atoms with Gasteiger partial charge in [-0.25, -0.2) is 4.98 Å². The average molecular weight is 415 g/mol. The molecule has 1 fully saturated rings. The highest BCUT2D eigenvalue weighted by atomic mass is 35.5. The zero-order valence-corrected chi connectivity index (χ0v) is 17.4. The molecule has 1 atom stereocenters. The van der Waals surface area contributed by atoms with Crippen LogP contribution in [0.5, 0.6) is 5.88 Å². The van der Waals surface area contributed by atoms with E-state index in [-0.39, 0.29) is 0 Å². The summed E-state index contributed by atoms with van der Waals surface area (Å²) in [5, 5.41) is 5.38. The third kappa shape index (κ3) is 4.61. The minimum Gasteiger partial charge on any atom is -0.472 e. The lowest BCUT2D eigenvalue weighted by Crippen LogP contribution is -2.28. The Morgan fingerprint density at radius 1 is 1.21 bits per heavy atom. The number of pyridine rings is 1. The summed E-state index contributed by atoms with van der Waals surface area (Å²) < 4.78 is 11.6. The third-order valence-corrected chi connectivity index (χ3v) is 5.99. The van der Waals surface area contributed by atoms with E-state index in [1.54, 1.807) is 11.8 Å². The number of fused-ring (bicyclic) bond motifs is 1. The van der Waals surface area contributed by atoms with Gasteiger partial charge in [0.2, 0.25) is 5.88 Å². The molecule has 28 heavy (non-hydrogen) atoms. The maximum Gasteiger partial charge on any atom is 0.218 e. The number of halogens is 1. The molecule has 0 unspecified atom stereocenters. The number of aromatic nitrogens is 1. The molecule has 0 radical (unpaired) electrons. The third-order valence-electron chi connectivity index (χ3n) is 4.90. The van der Waals surface area contributed by atoms with Crippen molar-refractivity contribution in [3.05, 3.63) is 64.7 Å². The number of hydrogen-bond donors (Lipinski definition) is 1. The number of nitrogens with one attached hydrogen (secondary N) is 1. The lowest BCUT2D eigenvalue weighted by Gasteiger charge is -2.15. The number of ether oxygens (including phenoxy) is 2. The van der Waals surface area contributed by atoms with E-state index >= 15 is 0 Å². The maximum atomic E-state index is 6.28. The van der Waals surface area contributed by atoms with Gasteiger partial charge in [0.05, 0.1) is 12.1 Å². The van der Waals surface area contributed by atoms with E-state index in [1.165, 1.54) is 4.90 Å². The molecule has 1 aromatic heterocycles. The van der Waals surface area contributed by atoms with Gasteiger partial charge in [-0.1, -0.05) is 35.9 Å². The van der Waals surface area contributed by atoms with E-state index in [4.69, 9.17) is 26.1 Å². The molecule has 1 N–H and O–H groups in total. The Labute approximate surface area is 174 Å². The second-order valence-electron chi connectivity index (χ2n) is 6.83. The Hall–Kier alpha value is -1.79. The highest BCUT2D eigenvalue weighted by Gasteiger charge is 2.17. The van der Waals surface area contributed by atoms with Crippen LogP contribution in [0.25, 0.3) is 10.9 Å². The molecule has 146 valence electrons. The first-order valence-electron chi connectivity index (χ1n) is 9.38. The van der Waals surface area contributed by atoms with Crippen LogP contribution < -0.4 is 10.1 Å². The van der Waals surface area contributed by atoms with Gasteiger partial charge in [-0.2, -0.15) is 0 Å². The van der Waals surface area contributed by atoms with Crippen LogP contribution in [-0.2, 0) is 17.9 Å². The quantitative estimate of drug-likeness (QED) is 0.547. The summed E-state index contributed by atoms with van der Waals surface area (Å²) >= 11 is 7.99. The Kier molecular flexibility index (Phi) is 6.37. The lowest BCUT2D eigenvalue weighted by atomic mass is 10.1. The minimum atomic E-state index is 0.381. The molecule has 1 aliphatic rings. The highest BCUT2D eigenvalue weighted by molar-refractivity contribution is 7.98. The Morgan fingerprint density at radius 3 is 2.89 bits per heavy atom. The summed E-state index contributed by atoms with van der Waals surface area (Å²) in [6.07, 6.45) is 3.10. The summed E-state index contributed by atoms with van der Waals surface area (Å²) in [4.78, 5) is 6.01. The largest absolute Gasteiger partial charge is 0.472 e. The predicted octanol–water partition coefficient (Wildman–Crippen LogP) is 5.07. The van der Waals surface area contributed by atoms with Crippen molar-refractivity contribution in [2.45, 2.75) is 30.5 Å². The first-order chi connectivity index (χ1) is 13.7. The SMILES string of the molecule is CSc1ccc2cc(CN[C@@H]3CCOC3)c(OCc3ccccc3Cl)nc2c1. The van der Waals surface area contributed by atoms with Crippen LogP contribution in [0.2, 0.25) is 5.02 Å². The van der Waals surface area contributed by atoms with Gasteiger partial charge in [0.15, 0.2) is 0 Å². The van der Waals surface area contributed by atoms with Crippen LogP contribution in [0.3, 0.4) is 0 Å². The van der Waals surface area contributed by atoms with Gasteiger partial charge in [-0.15, -0.1) is 11.8 Å². The van der Waals surface area contributed by atoms with Gasteiger partial charge in [0.1, 0.15) is 6.61 Å². The fourth-order valence-corrected chi connectivity index (χ4v) is 3.89. The molecule has 1 saturated heterocycles. The number of hydrogen-bond acceptors (Lipinski definition) is 5. The van der Waals surface area contributed by atoms with Gasteiger partial charge in [-0.3, -0.25) is 0 Å². The van der Waals surface area contributed by atoms with Crippen molar-refractivity contribution < 1.29 is 9.47 Å². The maximum absolute atomic E-state index is 6.28. The summed E-state index contributed by atoms with van der Waals surface area (Å²) in [5.41, 5.74) is 2.93. The van der Waals surface area contributed by atoms with Gasteiger partial charge < -0.3 is 14.8 Å². The topological polar surface area (TPSA) is 43.4 Å². The molecule has 0 amide bonds. The molecule has 0 bridgehead atoms. The first-order valence-corrected chi connectivity index (χ1v) is 11.0. The molecule has 0 aliphatic carbocycles. The standard InChI is InChI=1S/C22H23ClN2O2S/c1-28-19-7-6-15-10-17(12-24-18-8-9-26-14-18)22(25-21(15)11-19)27-13-16-4-2-3-5-20(16)23/h2-7,10-11,18,24H,8-9,12-14H2,1H3/t18-/m1/s1. The summed E-state index contributed by atoms with van der Waals surface area (Å²) in [7, 11) is 0. The normalized spacial score (nSPS) is 16.6. The van der Waals surface area contributed by atoms with E-state index in [0.29, 0.717) is 30.1 Å². The predicted molar refractivity (Wildman–Crippen MR) is 115 cm³/mol. The van der Waals surface area contributed by atoms with Crippen LogP contribution in [0.15, 0.2) is 53.4 Å². The van der Waals surface area contributed by atoms with Gasteiger partial charge >= 0.3 is 0 Å². The summed E-state index contributed by atoms with van der Waals surface area (Å²) in [6, 6.07) is 16.6. The fourth-order valence-electron chi connectivity index (χ4n) is 3.26. The second-order valence-corrected chi connectivity index (χ2v) is 8.12. The second kappa shape index (κ2) is 9.14. The van der Waals surface area contributed by atoms with Crippen molar-refractivity contribution in [1.29, 1.82) is 0 Å². The van der Waals surface area contributed by atoms with Crippen molar-refractivity contribution in [1.82, 2.24) is 10.3 Å². The molecular weight excluding hydrogens is 392 g/mol. The smallest absolute Gasteiger partial charge is 0.218 e. The zero-order chi connectivity index (χ0) is 19.3. The van der Waals surface area contributed by atoms with Crippen molar-refractivity contribution in [3.8, 4) is 5.88 Å². The number of nitrogens with zero attached hydrogens (tertiary/aromatic N) is 1. The number of thioether (sulfide) groups is 1. The number of benzene rings is 2. The average Bonchev–Trinajstić information content (AvgIpc) is 3.24. The molecule has 2 aromatic carbocycles. The van der Waals surface area contributed by atoms with Crippen molar-refractivity contribution in [3.63, 3.8) is 0 Å². The van der Waals surface area contributed by atoms with Crippen LogP contribution in [0.4, 0.5) is 0 Å². The van der Waals surface area contributed by atoms with Crippen molar-refractivity contribution in [2.24, 2.45) is 0 Å². The van der Waals surface area contributed by atoms with Crippen LogP contribution >= 0.6 is 23.4 Å². The van der Waals surface area contributed by atoms with Gasteiger partial charge in [0.25, 0.3) is 0 Å². The van der Waals surface area contributed by atoms with Crippen LogP contribution in [0.1, 0.15) is 17.5 Å². The fraction of sp³-hybridized carbons (Fsp3) is 0.318. The monoisotopic (exact) mass is 414 g/mol. The molecule has 0 saturated carbocycles. The number of rotatable bonds is 7. The molecule has 0 spiro atoms. The van der Waals surface area contributed by atoms with Gasteiger partial charge in [-0.05, 0) is 36.9 Å². The molecule has 2 heterocycles. The summed E-state index contributed by atoms with van der Waals surface area (Å²) in [6.45, 7) is 2.66. The molecule has 4 nitrogen and oxygen atoms in total. The highest BCUT2D eigenvalue weighted by Crippen LogP contribution is 2.27. The minimum absolute atomic E-state index is 0.381. The molecule has 1 aliphatic heterocycles. The molecule has 3 aromatic rings. The lowest BCUT2D eigenvalue weighted by molar-refractivity contribution is 0.189. The van der Waals surface area contributed by atoms with Crippen molar-refractivity contribution >= 4 is 34.3 Å². The van der Waals surface area contributed by atoms with E-state index in [1.807, 2.05) is 24.3 Å². The van der Waals surface area contributed by atoms with Gasteiger partial charge in [0, 0.05) is 45.6 Å². The van der Waals surface area contributed by atoms with Crippen LogP contribution in [0, 0.1) is 0 Å².